The summed E-state index contributed by atoms with van der Waals surface area (Å²) in [4.78, 5) is 16.7. The van der Waals surface area contributed by atoms with Gasteiger partial charge in [-0.15, -0.1) is 0 Å². The zero-order valence-electron chi connectivity index (χ0n) is 13.0. The summed E-state index contributed by atoms with van der Waals surface area (Å²) < 4.78 is 0. The number of hydrogen-bond acceptors (Lipinski definition) is 3. The molecular weight excluding hydrogens is 286 g/mol. The van der Waals surface area contributed by atoms with E-state index in [1.165, 1.54) is 0 Å². The van der Waals surface area contributed by atoms with Crippen molar-refractivity contribution in [3.8, 4) is 0 Å². The average molecular weight is 310 g/mol. The lowest BCUT2D eigenvalue weighted by Crippen LogP contribution is -2.53. The maximum Gasteiger partial charge on any atom is 0.239 e. The molecule has 0 bridgehead atoms. The number of piperazine rings is 1. The van der Waals surface area contributed by atoms with Crippen molar-refractivity contribution < 1.29 is 4.79 Å². The summed E-state index contributed by atoms with van der Waals surface area (Å²) in [5.41, 5.74) is 0.988. The molecule has 1 fully saturated rings. The topological polar surface area (TPSA) is 35.6 Å². The van der Waals surface area contributed by atoms with Crippen LogP contribution in [0.15, 0.2) is 24.3 Å². The first-order chi connectivity index (χ1) is 10.0. The van der Waals surface area contributed by atoms with Crippen molar-refractivity contribution in [1.82, 2.24) is 15.1 Å². The molecule has 4 nitrogen and oxygen atoms in total. The van der Waals surface area contributed by atoms with Crippen LogP contribution in [0.25, 0.3) is 0 Å². The number of likely N-dealkylation sites (N-methyl/N-ethyl adjacent to an activating group) is 1. The third-order valence-electron chi connectivity index (χ3n) is 4.34. The molecule has 1 aliphatic rings. The Bertz CT molecular complexity index is 488. The Labute approximate surface area is 132 Å². The Kier molecular flexibility index (Phi) is 5.62. The Morgan fingerprint density at radius 3 is 2.52 bits per heavy atom. The van der Waals surface area contributed by atoms with E-state index in [0.29, 0.717) is 5.02 Å². The quantitative estimate of drug-likeness (QED) is 0.926. The zero-order valence-corrected chi connectivity index (χ0v) is 13.7. The molecule has 1 amide bonds. The van der Waals surface area contributed by atoms with Crippen molar-refractivity contribution in [1.29, 1.82) is 0 Å². The SMILES string of the molecule is CC(C(=O)N(C)C(C)c1ccccc1Cl)N1CCNCC1. The van der Waals surface area contributed by atoms with E-state index in [1.807, 2.05) is 45.2 Å². The summed E-state index contributed by atoms with van der Waals surface area (Å²) in [6, 6.07) is 7.58. The molecule has 1 aromatic carbocycles. The van der Waals surface area contributed by atoms with Gasteiger partial charge >= 0.3 is 0 Å². The first-order valence-electron chi connectivity index (χ1n) is 7.48. The van der Waals surface area contributed by atoms with Gasteiger partial charge in [0, 0.05) is 38.2 Å². The van der Waals surface area contributed by atoms with Gasteiger partial charge in [0.25, 0.3) is 0 Å². The van der Waals surface area contributed by atoms with Crippen molar-refractivity contribution in [2.75, 3.05) is 33.2 Å². The minimum Gasteiger partial charge on any atom is -0.338 e. The van der Waals surface area contributed by atoms with E-state index in [0.717, 1.165) is 31.7 Å². The summed E-state index contributed by atoms with van der Waals surface area (Å²) in [6.45, 7) is 7.73. The van der Waals surface area contributed by atoms with Gasteiger partial charge in [0.15, 0.2) is 0 Å². The van der Waals surface area contributed by atoms with Gasteiger partial charge in [0.05, 0.1) is 12.1 Å². The van der Waals surface area contributed by atoms with E-state index in [4.69, 9.17) is 11.6 Å². The fraction of sp³-hybridized carbons (Fsp3) is 0.562. The zero-order chi connectivity index (χ0) is 15.4. The number of hydrogen-bond donors (Lipinski definition) is 1. The molecule has 0 aromatic heterocycles. The maximum atomic E-state index is 12.7. The fourth-order valence-electron chi connectivity index (χ4n) is 2.73. The smallest absolute Gasteiger partial charge is 0.239 e. The van der Waals surface area contributed by atoms with Crippen LogP contribution < -0.4 is 5.32 Å². The van der Waals surface area contributed by atoms with Gasteiger partial charge in [-0.25, -0.2) is 0 Å². The van der Waals surface area contributed by atoms with Crippen LogP contribution in [0.1, 0.15) is 25.5 Å². The third-order valence-corrected chi connectivity index (χ3v) is 4.68. The molecule has 1 heterocycles. The maximum absolute atomic E-state index is 12.7. The second-order valence-corrected chi connectivity index (χ2v) is 6.02. The van der Waals surface area contributed by atoms with Crippen LogP contribution in [-0.4, -0.2) is 55.0 Å². The molecule has 1 aliphatic heterocycles. The number of nitrogens with one attached hydrogen (secondary N) is 1. The van der Waals surface area contributed by atoms with E-state index in [-0.39, 0.29) is 18.0 Å². The van der Waals surface area contributed by atoms with Crippen LogP contribution in [0.2, 0.25) is 5.02 Å². The molecule has 2 rings (SSSR count). The van der Waals surface area contributed by atoms with Crippen molar-refractivity contribution in [3.05, 3.63) is 34.9 Å². The Hall–Kier alpha value is -1.10. The number of amides is 1. The van der Waals surface area contributed by atoms with Crippen LogP contribution in [-0.2, 0) is 4.79 Å². The Morgan fingerprint density at radius 2 is 1.90 bits per heavy atom. The lowest BCUT2D eigenvalue weighted by Gasteiger charge is -2.36. The van der Waals surface area contributed by atoms with Gasteiger partial charge in [-0.3, -0.25) is 9.69 Å². The van der Waals surface area contributed by atoms with Crippen molar-refractivity contribution in [2.45, 2.75) is 25.9 Å². The normalized spacial score (nSPS) is 19.0. The van der Waals surface area contributed by atoms with Crippen LogP contribution in [0.4, 0.5) is 0 Å². The number of carbonyl (C=O) groups excluding carboxylic acids is 1. The molecular formula is C16H24ClN3O. The molecule has 1 saturated heterocycles. The van der Waals surface area contributed by atoms with Crippen LogP contribution in [0.5, 0.6) is 0 Å². The third kappa shape index (κ3) is 3.76. The molecule has 5 heteroatoms. The first-order valence-corrected chi connectivity index (χ1v) is 7.86. The standard InChI is InChI=1S/C16H24ClN3O/c1-12(14-6-4-5-7-15(14)17)19(3)16(21)13(2)20-10-8-18-9-11-20/h4-7,12-13,18H,8-11H2,1-3H3. The molecule has 21 heavy (non-hydrogen) atoms. The number of halogens is 1. The molecule has 0 saturated carbocycles. The number of carbonyl (C=O) groups is 1. The minimum absolute atomic E-state index is 0.0310. The van der Waals surface area contributed by atoms with E-state index in [1.54, 1.807) is 4.90 Å². The minimum atomic E-state index is -0.0953. The molecule has 1 aromatic rings. The Balaban J connectivity index is 2.06. The molecule has 0 radical (unpaired) electrons. The molecule has 2 unspecified atom stereocenters. The van der Waals surface area contributed by atoms with Crippen LogP contribution >= 0.6 is 11.6 Å². The highest BCUT2D eigenvalue weighted by atomic mass is 35.5. The number of nitrogens with zero attached hydrogens (tertiary/aromatic N) is 2. The van der Waals surface area contributed by atoms with Gasteiger partial charge in [0.2, 0.25) is 5.91 Å². The average Bonchev–Trinajstić information content (AvgIpc) is 2.53. The molecule has 0 spiro atoms. The summed E-state index contributed by atoms with van der Waals surface area (Å²) >= 11 is 6.24. The van der Waals surface area contributed by atoms with Gasteiger partial charge in [-0.2, -0.15) is 0 Å². The predicted octanol–water partition coefficient (Wildman–Crippen LogP) is 2.15. The highest BCUT2D eigenvalue weighted by molar-refractivity contribution is 6.31. The second kappa shape index (κ2) is 7.25. The molecule has 116 valence electrons. The van der Waals surface area contributed by atoms with Crippen LogP contribution in [0.3, 0.4) is 0 Å². The molecule has 2 atom stereocenters. The fourth-order valence-corrected chi connectivity index (χ4v) is 3.03. The van der Waals surface area contributed by atoms with Gasteiger partial charge < -0.3 is 10.2 Å². The number of benzene rings is 1. The predicted molar refractivity (Wildman–Crippen MR) is 86.5 cm³/mol. The van der Waals surface area contributed by atoms with E-state index < -0.39 is 0 Å². The van der Waals surface area contributed by atoms with Gasteiger partial charge in [0.1, 0.15) is 0 Å². The second-order valence-electron chi connectivity index (χ2n) is 5.61. The van der Waals surface area contributed by atoms with E-state index in [9.17, 15) is 4.79 Å². The van der Waals surface area contributed by atoms with Gasteiger partial charge in [-0.05, 0) is 25.5 Å². The van der Waals surface area contributed by atoms with Crippen molar-refractivity contribution in [2.24, 2.45) is 0 Å². The lowest BCUT2D eigenvalue weighted by molar-refractivity contribution is -0.137. The lowest BCUT2D eigenvalue weighted by atomic mass is 10.1. The molecule has 0 aliphatic carbocycles. The monoisotopic (exact) mass is 309 g/mol. The van der Waals surface area contributed by atoms with Gasteiger partial charge in [-0.1, -0.05) is 29.8 Å². The summed E-state index contributed by atoms with van der Waals surface area (Å²) in [5.74, 6) is 0.143. The highest BCUT2D eigenvalue weighted by Gasteiger charge is 2.28. The Morgan fingerprint density at radius 1 is 1.29 bits per heavy atom. The molecule has 1 N–H and O–H groups in total. The number of rotatable bonds is 4. The summed E-state index contributed by atoms with van der Waals surface area (Å²) in [5, 5.41) is 4.02. The summed E-state index contributed by atoms with van der Waals surface area (Å²) in [6.07, 6.45) is 0. The summed E-state index contributed by atoms with van der Waals surface area (Å²) in [7, 11) is 1.86. The van der Waals surface area contributed by atoms with E-state index in [2.05, 4.69) is 10.2 Å². The van der Waals surface area contributed by atoms with Crippen molar-refractivity contribution in [3.63, 3.8) is 0 Å². The highest BCUT2D eigenvalue weighted by Crippen LogP contribution is 2.26. The van der Waals surface area contributed by atoms with E-state index >= 15 is 0 Å². The largest absolute Gasteiger partial charge is 0.338 e. The first kappa shape index (κ1) is 16.3. The van der Waals surface area contributed by atoms with Crippen molar-refractivity contribution >= 4 is 17.5 Å². The van der Waals surface area contributed by atoms with Crippen LogP contribution in [0, 0.1) is 0 Å².